The maximum absolute atomic E-state index is 13.0. The van der Waals surface area contributed by atoms with Crippen LogP contribution in [0.5, 0.6) is 0 Å². The molecular formula is C15H15ClF3N5O4S. The number of benzene rings is 1. The van der Waals surface area contributed by atoms with Gasteiger partial charge in [-0.3, -0.25) is 19.7 Å². The Morgan fingerprint density at radius 2 is 1.86 bits per heavy atom. The van der Waals surface area contributed by atoms with E-state index >= 15 is 0 Å². The molecule has 1 aromatic carbocycles. The fourth-order valence-corrected chi connectivity index (χ4v) is 4.55. The van der Waals surface area contributed by atoms with Crippen molar-refractivity contribution in [2.45, 2.75) is 17.7 Å². The molecule has 0 bridgehead atoms. The molecule has 2 heterocycles. The molecular weight excluding hydrogens is 439 g/mol. The van der Waals surface area contributed by atoms with Crippen molar-refractivity contribution in [2.24, 2.45) is 0 Å². The number of alkyl halides is 3. The maximum Gasteiger partial charge on any atom is 0.417 e. The van der Waals surface area contributed by atoms with Gasteiger partial charge in [-0.05, 0) is 18.2 Å². The number of rotatable bonds is 5. The van der Waals surface area contributed by atoms with Gasteiger partial charge in [-0.15, -0.1) is 0 Å². The summed E-state index contributed by atoms with van der Waals surface area (Å²) >= 11 is 5.55. The Labute approximate surface area is 168 Å². The Bertz CT molecular complexity index is 1020. The van der Waals surface area contributed by atoms with E-state index in [1.54, 1.807) is 0 Å². The first-order chi connectivity index (χ1) is 13.5. The molecule has 1 fully saturated rings. The van der Waals surface area contributed by atoms with Crippen LogP contribution in [-0.4, -0.2) is 58.5 Å². The van der Waals surface area contributed by atoms with Crippen LogP contribution in [0, 0.1) is 10.1 Å². The van der Waals surface area contributed by atoms with Gasteiger partial charge < -0.3 is 0 Å². The van der Waals surface area contributed by atoms with Crippen molar-refractivity contribution in [2.75, 3.05) is 26.2 Å². The number of hydrogen-bond acceptors (Lipinski definition) is 6. The molecule has 1 aliphatic rings. The Morgan fingerprint density at radius 3 is 2.41 bits per heavy atom. The standard InChI is InChI=1S/C15H15ClF3N5O4S/c16-14-2-1-12(7-13(14)15(17,18)19)29(27,28)23-5-3-21(4-6-23)10-22-9-11(8-20-22)24(25)26/h1-2,7-9H,3-6,10H2. The second-order valence-electron chi connectivity index (χ2n) is 6.30. The highest BCUT2D eigenvalue weighted by Crippen LogP contribution is 2.36. The summed E-state index contributed by atoms with van der Waals surface area (Å²) in [5, 5.41) is 14.0. The van der Waals surface area contributed by atoms with E-state index in [-0.39, 0.29) is 38.5 Å². The molecule has 3 rings (SSSR count). The minimum Gasteiger partial charge on any atom is -0.282 e. The lowest BCUT2D eigenvalue weighted by atomic mass is 10.2. The molecule has 0 spiro atoms. The summed E-state index contributed by atoms with van der Waals surface area (Å²) in [4.78, 5) is 11.5. The quantitative estimate of drug-likeness (QED) is 0.509. The number of hydrogen-bond donors (Lipinski definition) is 0. The molecule has 14 heteroatoms. The fourth-order valence-electron chi connectivity index (χ4n) is 2.87. The topological polar surface area (TPSA) is 102 Å². The van der Waals surface area contributed by atoms with Crippen molar-refractivity contribution >= 4 is 27.3 Å². The van der Waals surface area contributed by atoms with Crippen molar-refractivity contribution in [3.8, 4) is 0 Å². The Hall–Kier alpha value is -2.22. The van der Waals surface area contributed by atoms with Gasteiger partial charge in [-0.25, -0.2) is 8.42 Å². The van der Waals surface area contributed by atoms with Gasteiger partial charge >= 0.3 is 11.9 Å². The first kappa shape index (κ1) is 21.5. The molecule has 1 aliphatic heterocycles. The van der Waals surface area contributed by atoms with Gasteiger partial charge in [0, 0.05) is 26.2 Å². The van der Waals surface area contributed by atoms with Gasteiger partial charge in [0.05, 0.1) is 27.1 Å². The Morgan fingerprint density at radius 1 is 1.21 bits per heavy atom. The molecule has 1 aromatic heterocycles. The zero-order valence-electron chi connectivity index (χ0n) is 14.7. The minimum absolute atomic E-state index is 0.0513. The van der Waals surface area contributed by atoms with Crippen LogP contribution in [0.15, 0.2) is 35.5 Å². The van der Waals surface area contributed by atoms with Crippen LogP contribution >= 0.6 is 11.6 Å². The molecule has 0 aliphatic carbocycles. The second kappa shape index (κ2) is 7.89. The van der Waals surface area contributed by atoms with Crippen molar-refractivity contribution < 1.29 is 26.5 Å². The van der Waals surface area contributed by atoms with E-state index in [0.29, 0.717) is 6.07 Å². The van der Waals surface area contributed by atoms with Gasteiger partial charge in [0.15, 0.2) is 0 Å². The van der Waals surface area contributed by atoms with E-state index < -0.39 is 36.6 Å². The summed E-state index contributed by atoms with van der Waals surface area (Å²) in [6, 6.07) is 2.49. The van der Waals surface area contributed by atoms with Gasteiger partial charge in [-0.1, -0.05) is 11.6 Å². The number of sulfonamides is 1. The Balaban J connectivity index is 1.69. The van der Waals surface area contributed by atoms with Crippen molar-refractivity contribution in [3.63, 3.8) is 0 Å². The third-order valence-electron chi connectivity index (χ3n) is 4.39. The smallest absolute Gasteiger partial charge is 0.282 e. The molecule has 0 saturated carbocycles. The molecule has 9 nitrogen and oxygen atoms in total. The van der Waals surface area contributed by atoms with Gasteiger partial charge in [0.1, 0.15) is 12.4 Å². The van der Waals surface area contributed by atoms with Crippen LogP contribution in [0.3, 0.4) is 0 Å². The average Bonchev–Trinajstić information content (AvgIpc) is 3.10. The highest BCUT2D eigenvalue weighted by Gasteiger charge is 2.36. The zero-order chi connectivity index (χ0) is 21.4. The summed E-state index contributed by atoms with van der Waals surface area (Å²) in [6.07, 6.45) is -2.40. The second-order valence-corrected chi connectivity index (χ2v) is 8.64. The molecule has 158 valence electrons. The summed E-state index contributed by atoms with van der Waals surface area (Å²) in [6.45, 7) is 0.894. The van der Waals surface area contributed by atoms with Gasteiger partial charge in [-0.2, -0.15) is 22.6 Å². The summed E-state index contributed by atoms with van der Waals surface area (Å²) < 4.78 is 67.0. The summed E-state index contributed by atoms with van der Waals surface area (Å²) in [5.41, 5.74) is -1.37. The number of aromatic nitrogens is 2. The highest BCUT2D eigenvalue weighted by atomic mass is 35.5. The van der Waals surface area contributed by atoms with E-state index in [4.69, 9.17) is 11.6 Å². The largest absolute Gasteiger partial charge is 0.417 e. The van der Waals surface area contributed by atoms with Gasteiger partial charge in [0.25, 0.3) is 0 Å². The lowest BCUT2D eigenvalue weighted by Gasteiger charge is -2.33. The number of halogens is 4. The molecule has 29 heavy (non-hydrogen) atoms. The summed E-state index contributed by atoms with van der Waals surface area (Å²) in [5.74, 6) is 0. The number of nitro groups is 1. The highest BCUT2D eigenvalue weighted by molar-refractivity contribution is 7.89. The van der Waals surface area contributed by atoms with Crippen LogP contribution in [0.2, 0.25) is 5.02 Å². The first-order valence-electron chi connectivity index (χ1n) is 8.24. The van der Waals surface area contributed by atoms with E-state index in [1.165, 1.54) is 10.9 Å². The van der Waals surface area contributed by atoms with Crippen molar-refractivity contribution in [1.29, 1.82) is 0 Å². The normalized spacial score (nSPS) is 16.8. The SMILES string of the molecule is O=[N+]([O-])c1cnn(CN2CCN(S(=O)(=O)c3ccc(Cl)c(C(F)(F)F)c3)CC2)c1. The van der Waals surface area contributed by atoms with Gasteiger partial charge in [0.2, 0.25) is 10.0 Å². The molecule has 1 saturated heterocycles. The third-order valence-corrected chi connectivity index (χ3v) is 6.61. The molecule has 0 N–H and O–H groups in total. The van der Waals surface area contributed by atoms with Crippen LogP contribution in [0.25, 0.3) is 0 Å². The lowest BCUT2D eigenvalue weighted by Crippen LogP contribution is -2.48. The maximum atomic E-state index is 13.0. The van der Waals surface area contributed by atoms with Crippen molar-refractivity contribution in [3.05, 3.63) is 51.3 Å². The van der Waals surface area contributed by atoms with Crippen molar-refractivity contribution in [1.82, 2.24) is 19.0 Å². The number of piperazine rings is 1. The molecule has 0 amide bonds. The summed E-state index contributed by atoms with van der Waals surface area (Å²) in [7, 11) is -4.13. The zero-order valence-corrected chi connectivity index (χ0v) is 16.3. The predicted octanol–water partition coefficient (Wildman–Crippen LogP) is 2.43. The van der Waals surface area contributed by atoms with Crippen LogP contribution < -0.4 is 0 Å². The number of nitrogens with zero attached hydrogens (tertiary/aromatic N) is 5. The molecule has 0 unspecified atom stereocenters. The van der Waals surface area contributed by atoms with Crippen LogP contribution in [0.1, 0.15) is 5.56 Å². The molecule has 2 aromatic rings. The van der Waals surface area contributed by atoms with Crippen LogP contribution in [-0.2, 0) is 22.9 Å². The Kier molecular flexibility index (Phi) is 5.85. The van der Waals surface area contributed by atoms with E-state index in [2.05, 4.69) is 5.10 Å². The van der Waals surface area contributed by atoms with E-state index in [0.717, 1.165) is 22.6 Å². The minimum atomic E-state index is -4.77. The average molecular weight is 454 g/mol. The molecule has 0 atom stereocenters. The lowest BCUT2D eigenvalue weighted by molar-refractivity contribution is -0.385. The first-order valence-corrected chi connectivity index (χ1v) is 10.1. The molecule has 0 radical (unpaired) electrons. The van der Waals surface area contributed by atoms with E-state index in [9.17, 15) is 31.7 Å². The predicted molar refractivity (Wildman–Crippen MR) is 95.7 cm³/mol. The monoisotopic (exact) mass is 453 g/mol. The van der Waals surface area contributed by atoms with E-state index in [1.807, 2.05) is 4.90 Å². The fraction of sp³-hybridized carbons (Fsp3) is 0.400. The third kappa shape index (κ3) is 4.69. The van der Waals surface area contributed by atoms with Crippen LogP contribution in [0.4, 0.5) is 18.9 Å².